The topological polar surface area (TPSA) is 37.3 Å². The zero-order valence-corrected chi connectivity index (χ0v) is 9.66. The average Bonchev–Trinajstić information content (AvgIpc) is 2.40. The van der Waals surface area contributed by atoms with Gasteiger partial charge in [0.2, 0.25) is 0 Å². The van der Waals surface area contributed by atoms with E-state index in [1.165, 1.54) is 0 Å². The van der Waals surface area contributed by atoms with Gasteiger partial charge in [0, 0.05) is 12.0 Å². The SMILES string of the molecule is O=C(O)c1cc(F)c(F)c(Cc2ccccc2)c1F. The highest BCUT2D eigenvalue weighted by atomic mass is 19.2. The molecule has 0 amide bonds. The molecule has 19 heavy (non-hydrogen) atoms. The van der Waals surface area contributed by atoms with E-state index in [0.29, 0.717) is 11.6 Å². The first-order chi connectivity index (χ1) is 9.00. The third-order valence-corrected chi connectivity index (χ3v) is 2.70. The second-order valence-corrected chi connectivity index (χ2v) is 3.98. The van der Waals surface area contributed by atoms with Crippen molar-refractivity contribution >= 4 is 5.97 Å². The van der Waals surface area contributed by atoms with Crippen LogP contribution in [0.1, 0.15) is 21.5 Å². The van der Waals surface area contributed by atoms with Gasteiger partial charge >= 0.3 is 5.97 Å². The van der Waals surface area contributed by atoms with E-state index in [2.05, 4.69) is 0 Å². The minimum atomic E-state index is -1.63. The van der Waals surface area contributed by atoms with Gasteiger partial charge in [0.1, 0.15) is 5.82 Å². The van der Waals surface area contributed by atoms with Crippen LogP contribution in [0.5, 0.6) is 0 Å². The van der Waals surface area contributed by atoms with Crippen LogP contribution in [-0.4, -0.2) is 11.1 Å². The number of benzene rings is 2. The van der Waals surface area contributed by atoms with Crippen molar-refractivity contribution in [2.75, 3.05) is 0 Å². The van der Waals surface area contributed by atoms with E-state index in [4.69, 9.17) is 5.11 Å². The number of carbonyl (C=O) groups is 1. The summed E-state index contributed by atoms with van der Waals surface area (Å²) in [4.78, 5) is 10.8. The van der Waals surface area contributed by atoms with E-state index in [1.807, 2.05) is 0 Å². The summed E-state index contributed by atoms with van der Waals surface area (Å²) in [5, 5.41) is 8.74. The molecule has 0 saturated carbocycles. The van der Waals surface area contributed by atoms with Gasteiger partial charge in [0.15, 0.2) is 11.6 Å². The summed E-state index contributed by atoms with van der Waals surface area (Å²) in [6, 6.07) is 8.64. The predicted molar refractivity (Wildman–Crippen MR) is 62.5 cm³/mol. The van der Waals surface area contributed by atoms with Crippen molar-refractivity contribution in [3.8, 4) is 0 Å². The van der Waals surface area contributed by atoms with Crippen LogP contribution >= 0.6 is 0 Å². The molecule has 2 aromatic carbocycles. The molecule has 2 nitrogen and oxygen atoms in total. The number of hydrogen-bond acceptors (Lipinski definition) is 1. The molecular formula is C14H9F3O2. The van der Waals surface area contributed by atoms with Crippen molar-refractivity contribution < 1.29 is 23.1 Å². The maximum atomic E-state index is 13.9. The quantitative estimate of drug-likeness (QED) is 0.864. The molecule has 0 atom stereocenters. The number of halogens is 3. The Bertz CT molecular complexity index is 624. The molecule has 0 saturated heterocycles. The van der Waals surface area contributed by atoms with Gasteiger partial charge in [0.25, 0.3) is 0 Å². The fourth-order valence-electron chi connectivity index (χ4n) is 1.77. The van der Waals surface area contributed by atoms with Gasteiger partial charge in [-0.15, -0.1) is 0 Å². The zero-order chi connectivity index (χ0) is 14.0. The minimum Gasteiger partial charge on any atom is -0.478 e. The third kappa shape index (κ3) is 2.59. The lowest BCUT2D eigenvalue weighted by molar-refractivity contribution is 0.0690. The van der Waals surface area contributed by atoms with Gasteiger partial charge in [-0.2, -0.15) is 0 Å². The summed E-state index contributed by atoms with van der Waals surface area (Å²) in [5.74, 6) is -5.60. The van der Waals surface area contributed by atoms with E-state index in [9.17, 15) is 18.0 Å². The van der Waals surface area contributed by atoms with Crippen LogP contribution in [0.4, 0.5) is 13.2 Å². The van der Waals surface area contributed by atoms with Crippen LogP contribution in [0, 0.1) is 17.5 Å². The van der Waals surface area contributed by atoms with Crippen LogP contribution in [0.15, 0.2) is 36.4 Å². The monoisotopic (exact) mass is 266 g/mol. The van der Waals surface area contributed by atoms with E-state index < -0.39 is 34.5 Å². The van der Waals surface area contributed by atoms with Crippen LogP contribution in [0.25, 0.3) is 0 Å². The largest absolute Gasteiger partial charge is 0.478 e. The molecule has 1 N–H and O–H groups in total. The predicted octanol–water partition coefficient (Wildman–Crippen LogP) is 3.39. The highest BCUT2D eigenvalue weighted by Gasteiger charge is 2.22. The average molecular weight is 266 g/mol. The highest BCUT2D eigenvalue weighted by Crippen LogP contribution is 2.23. The van der Waals surface area contributed by atoms with Crippen molar-refractivity contribution in [3.05, 3.63) is 70.5 Å². The van der Waals surface area contributed by atoms with E-state index in [0.717, 1.165) is 0 Å². The minimum absolute atomic E-state index is 0.212. The first-order valence-electron chi connectivity index (χ1n) is 5.44. The molecule has 0 aromatic heterocycles. The molecule has 0 aliphatic carbocycles. The summed E-state index contributed by atoms with van der Waals surface area (Å²) < 4.78 is 40.7. The van der Waals surface area contributed by atoms with Gasteiger partial charge in [-0.1, -0.05) is 30.3 Å². The summed E-state index contributed by atoms with van der Waals surface area (Å²) in [6.07, 6.45) is -0.212. The Hall–Kier alpha value is -2.30. The molecule has 5 heteroatoms. The Morgan fingerprint density at radius 1 is 1.05 bits per heavy atom. The van der Waals surface area contributed by atoms with Crippen molar-refractivity contribution in [2.45, 2.75) is 6.42 Å². The van der Waals surface area contributed by atoms with Crippen LogP contribution in [-0.2, 0) is 6.42 Å². The molecule has 0 fully saturated rings. The van der Waals surface area contributed by atoms with Crippen LogP contribution in [0.3, 0.4) is 0 Å². The van der Waals surface area contributed by atoms with E-state index >= 15 is 0 Å². The van der Waals surface area contributed by atoms with Gasteiger partial charge in [-0.25, -0.2) is 18.0 Å². The smallest absolute Gasteiger partial charge is 0.338 e. The molecule has 0 unspecified atom stereocenters. The molecule has 0 spiro atoms. The molecule has 0 heterocycles. The first kappa shape index (κ1) is 13.1. The lowest BCUT2D eigenvalue weighted by Crippen LogP contribution is -2.09. The fraction of sp³-hybridized carbons (Fsp3) is 0.0714. The van der Waals surface area contributed by atoms with Gasteiger partial charge in [-0.05, 0) is 11.6 Å². The Morgan fingerprint density at radius 2 is 1.68 bits per heavy atom. The molecule has 0 aliphatic heterocycles. The number of carboxylic acids is 1. The second-order valence-electron chi connectivity index (χ2n) is 3.98. The summed E-state index contributed by atoms with van der Waals surface area (Å²) >= 11 is 0. The van der Waals surface area contributed by atoms with Crippen molar-refractivity contribution in [2.24, 2.45) is 0 Å². The Morgan fingerprint density at radius 3 is 2.26 bits per heavy atom. The van der Waals surface area contributed by atoms with E-state index in [1.54, 1.807) is 30.3 Å². The Kier molecular flexibility index (Phi) is 3.55. The second kappa shape index (κ2) is 5.14. The lowest BCUT2D eigenvalue weighted by Gasteiger charge is -2.08. The third-order valence-electron chi connectivity index (χ3n) is 2.70. The van der Waals surface area contributed by atoms with Gasteiger partial charge < -0.3 is 5.11 Å². The summed E-state index contributed by atoms with van der Waals surface area (Å²) in [7, 11) is 0. The normalized spacial score (nSPS) is 10.5. The summed E-state index contributed by atoms with van der Waals surface area (Å²) in [5.41, 5.74) is -0.893. The molecule has 2 rings (SSSR count). The lowest BCUT2D eigenvalue weighted by atomic mass is 10.0. The summed E-state index contributed by atoms with van der Waals surface area (Å²) in [6.45, 7) is 0. The molecular weight excluding hydrogens is 257 g/mol. The van der Waals surface area contributed by atoms with Crippen molar-refractivity contribution in [1.82, 2.24) is 0 Å². The Labute approximate surface area is 107 Å². The van der Waals surface area contributed by atoms with Gasteiger partial charge in [-0.3, -0.25) is 0 Å². The molecule has 0 radical (unpaired) electrons. The number of rotatable bonds is 3. The molecule has 98 valence electrons. The zero-order valence-electron chi connectivity index (χ0n) is 9.66. The number of carboxylic acid groups (broad SMARTS) is 1. The number of hydrogen-bond donors (Lipinski definition) is 1. The first-order valence-corrected chi connectivity index (χ1v) is 5.44. The molecule has 0 aliphatic rings. The Balaban J connectivity index is 2.53. The van der Waals surface area contributed by atoms with Crippen LogP contribution < -0.4 is 0 Å². The fourth-order valence-corrected chi connectivity index (χ4v) is 1.77. The maximum Gasteiger partial charge on any atom is 0.338 e. The molecule has 0 bridgehead atoms. The molecule has 2 aromatic rings. The van der Waals surface area contributed by atoms with Crippen LogP contribution in [0.2, 0.25) is 0 Å². The highest BCUT2D eigenvalue weighted by molar-refractivity contribution is 5.88. The van der Waals surface area contributed by atoms with Gasteiger partial charge in [0.05, 0.1) is 5.56 Å². The van der Waals surface area contributed by atoms with Crippen molar-refractivity contribution in [3.63, 3.8) is 0 Å². The maximum absolute atomic E-state index is 13.9. The number of aromatic carboxylic acids is 1. The van der Waals surface area contributed by atoms with E-state index in [-0.39, 0.29) is 6.42 Å². The standard InChI is InChI=1S/C14H9F3O2/c15-11-7-10(14(18)19)12(16)9(13(11)17)6-8-4-2-1-3-5-8/h1-5,7H,6H2,(H,18,19). The van der Waals surface area contributed by atoms with Crippen molar-refractivity contribution in [1.29, 1.82) is 0 Å².